The van der Waals surface area contributed by atoms with E-state index in [1.807, 2.05) is 30.3 Å². The summed E-state index contributed by atoms with van der Waals surface area (Å²) in [6.45, 7) is 9.15. The third-order valence-electron chi connectivity index (χ3n) is 9.01. The highest BCUT2D eigenvalue weighted by Gasteiger charge is 2.59. The Morgan fingerprint density at radius 1 is 1.09 bits per heavy atom. The summed E-state index contributed by atoms with van der Waals surface area (Å²) in [5, 5.41) is 11.5. The van der Waals surface area contributed by atoms with Gasteiger partial charge in [-0.2, -0.15) is 0 Å². The van der Waals surface area contributed by atoms with Gasteiger partial charge in [0, 0.05) is 23.7 Å². The largest absolute Gasteiger partial charge is 0.497 e. The van der Waals surface area contributed by atoms with Crippen molar-refractivity contribution in [2.45, 2.75) is 59.5 Å². The van der Waals surface area contributed by atoms with E-state index in [1.54, 1.807) is 26.5 Å². The number of fused-ring (bicyclic) bond motifs is 1. The van der Waals surface area contributed by atoms with E-state index in [0.29, 0.717) is 28.7 Å². The zero-order valence-corrected chi connectivity index (χ0v) is 21.4. The van der Waals surface area contributed by atoms with E-state index < -0.39 is 6.10 Å². The van der Waals surface area contributed by atoms with Crippen molar-refractivity contribution in [1.82, 2.24) is 4.98 Å². The zero-order chi connectivity index (χ0) is 24.7. The van der Waals surface area contributed by atoms with Gasteiger partial charge < -0.3 is 14.6 Å². The van der Waals surface area contributed by atoms with Gasteiger partial charge >= 0.3 is 0 Å². The zero-order valence-electron chi connectivity index (χ0n) is 21.4. The minimum absolute atomic E-state index is 0.00291. The molecular formula is C29H39NO4. The van der Waals surface area contributed by atoms with Crippen LogP contribution in [0.4, 0.5) is 0 Å². The lowest BCUT2D eigenvalue weighted by Crippen LogP contribution is -2.56. The van der Waals surface area contributed by atoms with Gasteiger partial charge in [-0.25, -0.2) is 0 Å². The smallest absolute Gasteiger partial charge is 0.167 e. The highest BCUT2D eigenvalue weighted by Crippen LogP contribution is 2.64. The second kappa shape index (κ2) is 9.33. The van der Waals surface area contributed by atoms with Crippen molar-refractivity contribution in [1.29, 1.82) is 0 Å². The van der Waals surface area contributed by atoms with E-state index >= 15 is 0 Å². The third kappa shape index (κ3) is 4.24. The van der Waals surface area contributed by atoms with Gasteiger partial charge in [-0.15, -0.1) is 0 Å². The highest BCUT2D eigenvalue weighted by molar-refractivity contribution is 5.99. The Hall–Kier alpha value is -2.40. The van der Waals surface area contributed by atoms with E-state index in [1.165, 1.54) is 0 Å². The van der Waals surface area contributed by atoms with Gasteiger partial charge in [0.05, 0.1) is 26.0 Å². The Morgan fingerprint density at radius 3 is 2.35 bits per heavy atom. The average Bonchev–Trinajstić information content (AvgIpc) is 2.82. The molecule has 5 nitrogen and oxygen atoms in total. The summed E-state index contributed by atoms with van der Waals surface area (Å²) in [7, 11) is 3.21. The normalized spacial score (nSPS) is 31.3. The fourth-order valence-corrected chi connectivity index (χ4v) is 7.32. The summed E-state index contributed by atoms with van der Waals surface area (Å²) in [4.78, 5) is 18.8. The van der Waals surface area contributed by atoms with Crippen LogP contribution in [-0.4, -0.2) is 30.1 Å². The summed E-state index contributed by atoms with van der Waals surface area (Å²) in [5.74, 6) is 1.40. The standard InChI is InChI=1S/C29H39NO4/c1-18-22(27(32)23-10-7-8-13-30-23)17-24-28(2,3)11-9-12-29(24,4)25(18)26(31)19-14-20(33-5)16-21(15-19)34-6/h7-8,10,13-16,18,22,24-25,27,32H,9,11-12,17H2,1-6H3/t18-,22?,24+,25-,27?,29+/m1/s1. The fourth-order valence-electron chi connectivity index (χ4n) is 7.32. The first-order valence-electron chi connectivity index (χ1n) is 12.5. The van der Waals surface area contributed by atoms with Crippen LogP contribution in [0.2, 0.25) is 0 Å². The first-order valence-corrected chi connectivity index (χ1v) is 12.5. The second-order valence-corrected chi connectivity index (χ2v) is 11.3. The van der Waals surface area contributed by atoms with E-state index in [0.717, 1.165) is 25.7 Å². The van der Waals surface area contributed by atoms with Gasteiger partial charge in [0.15, 0.2) is 5.78 Å². The van der Waals surface area contributed by atoms with E-state index in [-0.39, 0.29) is 34.4 Å². The van der Waals surface area contributed by atoms with Crippen molar-refractivity contribution in [2.75, 3.05) is 14.2 Å². The molecule has 184 valence electrons. The molecule has 1 aromatic carbocycles. The number of benzene rings is 1. The van der Waals surface area contributed by atoms with Crippen molar-refractivity contribution in [3.05, 3.63) is 53.9 Å². The lowest BCUT2D eigenvalue weighted by Gasteiger charge is -2.61. The lowest BCUT2D eigenvalue weighted by atomic mass is 9.43. The lowest BCUT2D eigenvalue weighted by molar-refractivity contribution is -0.124. The number of ether oxygens (including phenoxy) is 2. The molecule has 2 aliphatic carbocycles. The molecule has 5 heteroatoms. The number of hydrogen-bond donors (Lipinski definition) is 1. The van der Waals surface area contributed by atoms with Gasteiger partial charge in [-0.1, -0.05) is 40.2 Å². The van der Waals surface area contributed by atoms with Crippen molar-refractivity contribution in [3.63, 3.8) is 0 Å². The number of aliphatic hydroxyl groups is 1. The van der Waals surface area contributed by atoms with Crippen molar-refractivity contribution in [3.8, 4) is 11.5 Å². The SMILES string of the molecule is COc1cc(OC)cc(C(=O)[C@H]2[C@H](C)C(C(O)c3ccccn3)C[C@H]3C(C)(C)CCC[C@]23C)c1. The Labute approximate surface area is 203 Å². The van der Waals surface area contributed by atoms with Gasteiger partial charge in [-0.3, -0.25) is 9.78 Å². The maximum Gasteiger partial charge on any atom is 0.167 e. The van der Waals surface area contributed by atoms with Gasteiger partial charge in [0.25, 0.3) is 0 Å². The number of nitrogens with zero attached hydrogens (tertiary/aromatic N) is 1. The molecule has 1 aromatic heterocycles. The molecule has 4 rings (SSSR count). The molecule has 1 heterocycles. The molecule has 6 atom stereocenters. The second-order valence-electron chi connectivity index (χ2n) is 11.3. The summed E-state index contributed by atoms with van der Waals surface area (Å²) in [5.41, 5.74) is 1.25. The van der Waals surface area contributed by atoms with Gasteiger partial charge in [0.1, 0.15) is 11.5 Å². The molecule has 2 aromatic rings. The van der Waals surface area contributed by atoms with Crippen LogP contribution in [0.3, 0.4) is 0 Å². The number of carbonyl (C=O) groups excluding carboxylic acids is 1. The number of rotatable bonds is 6. The topological polar surface area (TPSA) is 68.7 Å². The molecule has 1 N–H and O–H groups in total. The Bertz CT molecular complexity index is 998. The number of Topliss-reactive ketones (excluding diaryl/α,β-unsaturated/α-hetero) is 1. The quantitative estimate of drug-likeness (QED) is 0.521. The van der Waals surface area contributed by atoms with Crippen LogP contribution in [-0.2, 0) is 0 Å². The number of methoxy groups -OCH3 is 2. The average molecular weight is 466 g/mol. The fraction of sp³-hybridized carbons (Fsp3) is 0.586. The third-order valence-corrected chi connectivity index (χ3v) is 9.01. The molecule has 0 radical (unpaired) electrons. The van der Waals surface area contributed by atoms with E-state index in [4.69, 9.17) is 9.47 Å². The summed E-state index contributed by atoms with van der Waals surface area (Å²) < 4.78 is 10.9. The minimum atomic E-state index is -0.700. The molecule has 0 bridgehead atoms. The number of hydrogen-bond acceptors (Lipinski definition) is 5. The first kappa shape index (κ1) is 24.7. The number of aromatic nitrogens is 1. The minimum Gasteiger partial charge on any atom is -0.497 e. The molecule has 2 saturated carbocycles. The van der Waals surface area contributed by atoms with Crippen LogP contribution in [0.1, 0.15) is 75.5 Å². The maximum atomic E-state index is 14.3. The van der Waals surface area contributed by atoms with Gasteiger partial charge in [0.2, 0.25) is 0 Å². The van der Waals surface area contributed by atoms with Crippen LogP contribution in [0.25, 0.3) is 0 Å². The Morgan fingerprint density at radius 2 is 1.76 bits per heavy atom. The van der Waals surface area contributed by atoms with Crippen LogP contribution in [0, 0.1) is 34.5 Å². The van der Waals surface area contributed by atoms with Gasteiger partial charge in [-0.05, 0) is 72.1 Å². The Kier molecular flexibility index (Phi) is 6.78. The predicted molar refractivity (Wildman–Crippen MR) is 133 cm³/mol. The van der Waals surface area contributed by atoms with Crippen LogP contribution in [0.15, 0.2) is 42.6 Å². The van der Waals surface area contributed by atoms with Crippen molar-refractivity contribution < 1.29 is 19.4 Å². The number of carbonyl (C=O) groups is 1. The number of ketones is 1. The molecule has 0 aliphatic heterocycles. The highest BCUT2D eigenvalue weighted by atomic mass is 16.5. The summed E-state index contributed by atoms with van der Waals surface area (Å²) in [6, 6.07) is 11.1. The molecule has 2 fully saturated rings. The summed E-state index contributed by atoms with van der Waals surface area (Å²) in [6.07, 6.45) is 5.20. The van der Waals surface area contributed by atoms with Crippen LogP contribution >= 0.6 is 0 Å². The molecule has 2 aliphatic rings. The summed E-state index contributed by atoms with van der Waals surface area (Å²) >= 11 is 0. The monoisotopic (exact) mass is 465 g/mol. The number of aliphatic hydroxyl groups excluding tert-OH is 1. The molecule has 0 spiro atoms. The Balaban J connectivity index is 1.80. The van der Waals surface area contributed by atoms with Crippen LogP contribution < -0.4 is 9.47 Å². The van der Waals surface area contributed by atoms with Crippen LogP contribution in [0.5, 0.6) is 11.5 Å². The van der Waals surface area contributed by atoms with Crippen molar-refractivity contribution in [2.24, 2.45) is 34.5 Å². The number of pyridine rings is 1. The molecule has 2 unspecified atom stereocenters. The van der Waals surface area contributed by atoms with E-state index in [9.17, 15) is 9.90 Å². The molecule has 34 heavy (non-hydrogen) atoms. The van der Waals surface area contributed by atoms with E-state index in [2.05, 4.69) is 32.7 Å². The maximum absolute atomic E-state index is 14.3. The molecule has 0 saturated heterocycles. The molecule has 0 amide bonds. The predicted octanol–water partition coefficient (Wildman–Crippen LogP) is 6.12. The first-order chi connectivity index (χ1) is 16.1. The van der Waals surface area contributed by atoms with Crippen molar-refractivity contribution >= 4 is 5.78 Å². The molecular weight excluding hydrogens is 426 g/mol.